The van der Waals surface area contributed by atoms with E-state index in [1.165, 1.54) is 0 Å². The van der Waals surface area contributed by atoms with Gasteiger partial charge < -0.3 is 0 Å². The number of rotatable bonds is 1. The lowest BCUT2D eigenvalue weighted by molar-refractivity contribution is 1.16. The molecule has 0 aromatic carbocycles. The Morgan fingerprint density at radius 1 is 0.929 bits per heavy atom. The zero-order valence-electron chi connectivity index (χ0n) is 8.38. The standard InChI is InChI=1S/C9H7N3.C2H6/c1-3-8(7-10-4-1)9-11-5-2-6-12-9;1-2/h1-7H;1-2H3. The third kappa shape index (κ3) is 2.62. The van der Waals surface area contributed by atoms with Crippen LogP contribution in [-0.4, -0.2) is 15.0 Å². The molecule has 0 atom stereocenters. The van der Waals surface area contributed by atoms with Crippen molar-refractivity contribution in [1.82, 2.24) is 15.0 Å². The first-order valence-electron chi connectivity index (χ1n) is 4.64. The molecule has 2 aromatic heterocycles. The van der Waals surface area contributed by atoms with Crippen molar-refractivity contribution in [3.63, 3.8) is 0 Å². The molecule has 3 heteroatoms. The molecule has 0 aliphatic carbocycles. The Balaban J connectivity index is 0.000000461. The summed E-state index contributed by atoms with van der Waals surface area (Å²) in [7, 11) is 0. The van der Waals surface area contributed by atoms with Crippen molar-refractivity contribution in [3.05, 3.63) is 43.0 Å². The second kappa shape index (κ2) is 5.80. The Bertz CT molecular complexity index is 308. The second-order valence-corrected chi connectivity index (χ2v) is 2.31. The van der Waals surface area contributed by atoms with Crippen LogP contribution in [0.4, 0.5) is 0 Å². The van der Waals surface area contributed by atoms with Crippen LogP contribution < -0.4 is 0 Å². The summed E-state index contributed by atoms with van der Waals surface area (Å²) < 4.78 is 0. The Morgan fingerprint density at radius 3 is 2.21 bits per heavy atom. The largest absolute Gasteiger partial charge is 0.264 e. The van der Waals surface area contributed by atoms with Crippen molar-refractivity contribution in [2.24, 2.45) is 0 Å². The predicted molar refractivity (Wildman–Crippen MR) is 56.6 cm³/mol. The van der Waals surface area contributed by atoms with Gasteiger partial charge in [0, 0.05) is 30.4 Å². The summed E-state index contributed by atoms with van der Waals surface area (Å²) in [6, 6.07) is 5.59. The van der Waals surface area contributed by atoms with Gasteiger partial charge in [0.1, 0.15) is 0 Å². The van der Waals surface area contributed by atoms with E-state index in [9.17, 15) is 0 Å². The van der Waals surface area contributed by atoms with Crippen molar-refractivity contribution in [2.75, 3.05) is 0 Å². The van der Waals surface area contributed by atoms with Crippen LogP contribution in [0, 0.1) is 0 Å². The van der Waals surface area contributed by atoms with Gasteiger partial charge in [0.25, 0.3) is 0 Å². The van der Waals surface area contributed by atoms with Crippen LogP contribution in [0.3, 0.4) is 0 Å². The van der Waals surface area contributed by atoms with Crippen molar-refractivity contribution < 1.29 is 0 Å². The highest BCUT2D eigenvalue weighted by molar-refractivity contribution is 5.51. The highest BCUT2D eigenvalue weighted by Gasteiger charge is 1.96. The quantitative estimate of drug-likeness (QED) is 0.688. The molecule has 0 spiro atoms. The third-order valence-electron chi connectivity index (χ3n) is 1.49. The molecule has 0 fully saturated rings. The summed E-state index contributed by atoms with van der Waals surface area (Å²) >= 11 is 0. The molecular formula is C11H13N3. The van der Waals surface area contributed by atoms with E-state index in [0.717, 1.165) is 5.56 Å². The maximum Gasteiger partial charge on any atom is 0.160 e. The number of aromatic nitrogens is 3. The molecule has 0 bridgehead atoms. The van der Waals surface area contributed by atoms with E-state index in [2.05, 4.69) is 15.0 Å². The van der Waals surface area contributed by atoms with Gasteiger partial charge in [-0.2, -0.15) is 0 Å². The van der Waals surface area contributed by atoms with Gasteiger partial charge in [-0.15, -0.1) is 0 Å². The summed E-state index contributed by atoms with van der Waals surface area (Å²) in [5.74, 6) is 0.714. The summed E-state index contributed by atoms with van der Waals surface area (Å²) in [4.78, 5) is 12.2. The van der Waals surface area contributed by atoms with Gasteiger partial charge in [-0.25, -0.2) is 9.97 Å². The Morgan fingerprint density at radius 2 is 1.64 bits per heavy atom. The first-order valence-corrected chi connectivity index (χ1v) is 4.64. The molecule has 2 aromatic rings. The van der Waals surface area contributed by atoms with E-state index in [4.69, 9.17) is 0 Å². The van der Waals surface area contributed by atoms with Gasteiger partial charge in [-0.1, -0.05) is 13.8 Å². The van der Waals surface area contributed by atoms with Gasteiger partial charge in [0.2, 0.25) is 0 Å². The maximum absolute atomic E-state index is 4.10. The average Bonchev–Trinajstić information content (AvgIpc) is 2.34. The Hall–Kier alpha value is -1.77. The van der Waals surface area contributed by atoms with Crippen molar-refractivity contribution in [2.45, 2.75) is 13.8 Å². The molecule has 72 valence electrons. The van der Waals surface area contributed by atoms with Crippen molar-refractivity contribution in [3.8, 4) is 11.4 Å². The van der Waals surface area contributed by atoms with Gasteiger partial charge in [-0.05, 0) is 18.2 Å². The topological polar surface area (TPSA) is 38.7 Å². The van der Waals surface area contributed by atoms with Gasteiger partial charge >= 0.3 is 0 Å². The van der Waals surface area contributed by atoms with E-state index in [1.54, 1.807) is 30.9 Å². The minimum absolute atomic E-state index is 0.714. The molecule has 0 saturated heterocycles. The zero-order chi connectivity index (χ0) is 10.2. The molecule has 0 radical (unpaired) electrons. The molecule has 2 rings (SSSR count). The highest BCUT2D eigenvalue weighted by Crippen LogP contribution is 2.09. The highest BCUT2D eigenvalue weighted by atomic mass is 14.9. The smallest absolute Gasteiger partial charge is 0.160 e. The molecule has 3 nitrogen and oxygen atoms in total. The minimum Gasteiger partial charge on any atom is -0.264 e. The lowest BCUT2D eigenvalue weighted by Crippen LogP contribution is -1.86. The van der Waals surface area contributed by atoms with Gasteiger partial charge in [0.05, 0.1) is 0 Å². The van der Waals surface area contributed by atoms with E-state index >= 15 is 0 Å². The number of hydrogen-bond donors (Lipinski definition) is 0. The van der Waals surface area contributed by atoms with E-state index in [1.807, 2.05) is 26.0 Å². The normalized spacial score (nSPS) is 8.71. The Kier molecular flexibility index (Phi) is 4.27. The summed E-state index contributed by atoms with van der Waals surface area (Å²) in [6.45, 7) is 4.00. The van der Waals surface area contributed by atoms with Crippen molar-refractivity contribution in [1.29, 1.82) is 0 Å². The molecule has 0 aliphatic heterocycles. The van der Waals surface area contributed by atoms with E-state index in [0.29, 0.717) is 5.82 Å². The second-order valence-electron chi connectivity index (χ2n) is 2.31. The third-order valence-corrected chi connectivity index (χ3v) is 1.49. The number of pyridine rings is 1. The molecule has 0 N–H and O–H groups in total. The molecular weight excluding hydrogens is 174 g/mol. The molecule has 14 heavy (non-hydrogen) atoms. The van der Waals surface area contributed by atoms with Crippen LogP contribution >= 0.6 is 0 Å². The fraction of sp³-hybridized carbons (Fsp3) is 0.182. The van der Waals surface area contributed by atoms with Gasteiger partial charge in [0.15, 0.2) is 5.82 Å². The molecule has 0 aliphatic rings. The average molecular weight is 187 g/mol. The number of hydrogen-bond acceptors (Lipinski definition) is 3. The SMILES string of the molecule is CC.c1cnc(-c2cccnc2)nc1. The van der Waals surface area contributed by atoms with Crippen LogP contribution in [0.2, 0.25) is 0 Å². The lowest BCUT2D eigenvalue weighted by atomic mass is 10.3. The zero-order valence-corrected chi connectivity index (χ0v) is 8.38. The Labute approximate surface area is 83.9 Å². The number of nitrogens with zero attached hydrogens (tertiary/aromatic N) is 3. The van der Waals surface area contributed by atoms with E-state index in [-0.39, 0.29) is 0 Å². The molecule has 0 unspecified atom stereocenters. The minimum atomic E-state index is 0.714. The first-order chi connectivity index (χ1) is 6.97. The van der Waals surface area contributed by atoms with E-state index < -0.39 is 0 Å². The van der Waals surface area contributed by atoms with Crippen LogP contribution in [0.25, 0.3) is 11.4 Å². The maximum atomic E-state index is 4.10. The van der Waals surface area contributed by atoms with Crippen LogP contribution in [-0.2, 0) is 0 Å². The molecule has 0 amide bonds. The summed E-state index contributed by atoms with van der Waals surface area (Å²) in [5.41, 5.74) is 0.943. The molecule has 2 heterocycles. The fourth-order valence-electron chi connectivity index (χ4n) is 0.943. The summed E-state index contributed by atoms with van der Waals surface area (Å²) in [6.07, 6.45) is 6.91. The first kappa shape index (κ1) is 10.3. The fourth-order valence-corrected chi connectivity index (χ4v) is 0.943. The van der Waals surface area contributed by atoms with Crippen LogP contribution in [0.15, 0.2) is 43.0 Å². The monoisotopic (exact) mass is 187 g/mol. The van der Waals surface area contributed by atoms with Crippen molar-refractivity contribution >= 4 is 0 Å². The van der Waals surface area contributed by atoms with Crippen LogP contribution in [0.5, 0.6) is 0 Å². The molecule has 0 saturated carbocycles. The van der Waals surface area contributed by atoms with Gasteiger partial charge in [-0.3, -0.25) is 4.98 Å². The lowest BCUT2D eigenvalue weighted by Gasteiger charge is -1.95. The summed E-state index contributed by atoms with van der Waals surface area (Å²) in [5, 5.41) is 0. The van der Waals surface area contributed by atoms with Crippen LogP contribution in [0.1, 0.15) is 13.8 Å². The predicted octanol–water partition coefficient (Wildman–Crippen LogP) is 2.56.